The van der Waals surface area contributed by atoms with Crippen molar-refractivity contribution < 1.29 is 9.13 Å². The Labute approximate surface area is 156 Å². The van der Waals surface area contributed by atoms with E-state index in [1.54, 1.807) is 24.5 Å². The molecule has 0 saturated carbocycles. The lowest BCUT2D eigenvalue weighted by atomic mass is 10.2. The molecule has 2 aromatic carbocycles. The second-order valence-corrected chi connectivity index (χ2v) is 7.01. The first-order valence-electron chi connectivity index (χ1n) is 8.59. The van der Waals surface area contributed by atoms with Gasteiger partial charge in [0.1, 0.15) is 11.6 Å². The predicted octanol–water partition coefficient (Wildman–Crippen LogP) is 4.28. The summed E-state index contributed by atoms with van der Waals surface area (Å²) < 4.78 is 19.2. The average molecular weight is 369 g/mol. The van der Waals surface area contributed by atoms with Crippen molar-refractivity contribution in [1.82, 2.24) is 4.98 Å². The maximum atomic E-state index is 14.0. The van der Waals surface area contributed by atoms with E-state index in [0.29, 0.717) is 5.69 Å². The molecule has 0 bridgehead atoms. The van der Waals surface area contributed by atoms with Crippen LogP contribution in [0.2, 0.25) is 0 Å². The first kappa shape index (κ1) is 16.8. The summed E-state index contributed by atoms with van der Waals surface area (Å²) in [5.41, 5.74) is 2.74. The van der Waals surface area contributed by atoms with E-state index in [-0.39, 0.29) is 5.82 Å². The lowest BCUT2D eigenvalue weighted by molar-refractivity contribution is 0.415. The van der Waals surface area contributed by atoms with Gasteiger partial charge < -0.3 is 14.5 Å². The monoisotopic (exact) mass is 369 g/mol. The number of methoxy groups -OCH3 is 1. The average Bonchev–Trinajstić information content (AvgIpc) is 3.19. The van der Waals surface area contributed by atoms with Crippen LogP contribution in [-0.4, -0.2) is 38.3 Å². The molecule has 0 aliphatic carbocycles. The van der Waals surface area contributed by atoms with Crippen molar-refractivity contribution >= 4 is 22.2 Å². The van der Waals surface area contributed by atoms with Crippen LogP contribution in [-0.2, 0) is 0 Å². The van der Waals surface area contributed by atoms with E-state index < -0.39 is 0 Å². The van der Waals surface area contributed by atoms with Crippen molar-refractivity contribution in [2.45, 2.75) is 0 Å². The molecule has 3 aromatic rings. The Balaban J connectivity index is 1.43. The zero-order valence-electron chi connectivity index (χ0n) is 14.6. The highest BCUT2D eigenvalue weighted by Gasteiger charge is 2.21. The van der Waals surface area contributed by atoms with E-state index in [9.17, 15) is 4.39 Å². The molecule has 4 rings (SSSR count). The predicted molar refractivity (Wildman–Crippen MR) is 105 cm³/mol. The van der Waals surface area contributed by atoms with Gasteiger partial charge in [0.05, 0.1) is 18.5 Å². The van der Waals surface area contributed by atoms with E-state index in [1.807, 2.05) is 36.4 Å². The van der Waals surface area contributed by atoms with Gasteiger partial charge >= 0.3 is 0 Å². The fourth-order valence-electron chi connectivity index (χ4n) is 3.15. The molecule has 1 aliphatic rings. The highest BCUT2D eigenvalue weighted by Crippen LogP contribution is 2.30. The third-order valence-electron chi connectivity index (χ3n) is 4.62. The first-order valence-corrected chi connectivity index (χ1v) is 9.47. The Kier molecular flexibility index (Phi) is 4.75. The van der Waals surface area contributed by atoms with Crippen LogP contribution in [0.1, 0.15) is 0 Å². The molecule has 0 atom stereocenters. The van der Waals surface area contributed by atoms with Crippen LogP contribution in [0.25, 0.3) is 11.3 Å². The van der Waals surface area contributed by atoms with Crippen LogP contribution in [0.15, 0.2) is 53.9 Å². The quantitative estimate of drug-likeness (QED) is 0.686. The summed E-state index contributed by atoms with van der Waals surface area (Å²) >= 11 is 1.65. The van der Waals surface area contributed by atoms with Crippen molar-refractivity contribution in [3.63, 3.8) is 0 Å². The van der Waals surface area contributed by atoms with Gasteiger partial charge in [0, 0.05) is 37.1 Å². The summed E-state index contributed by atoms with van der Waals surface area (Å²) in [6.07, 6.45) is 0. The minimum absolute atomic E-state index is 0.156. The molecule has 26 heavy (non-hydrogen) atoms. The van der Waals surface area contributed by atoms with E-state index in [2.05, 4.69) is 15.2 Å². The van der Waals surface area contributed by atoms with Crippen LogP contribution in [0.3, 0.4) is 0 Å². The van der Waals surface area contributed by atoms with E-state index in [4.69, 9.17) is 9.72 Å². The van der Waals surface area contributed by atoms with Crippen molar-refractivity contribution in [1.29, 1.82) is 0 Å². The summed E-state index contributed by atoms with van der Waals surface area (Å²) in [6.45, 7) is 3.25. The van der Waals surface area contributed by atoms with Gasteiger partial charge in [-0.1, -0.05) is 12.1 Å². The van der Waals surface area contributed by atoms with Crippen molar-refractivity contribution in [3.05, 3.63) is 59.7 Å². The Morgan fingerprint density at radius 2 is 1.65 bits per heavy atom. The van der Waals surface area contributed by atoms with Gasteiger partial charge in [0.25, 0.3) is 0 Å². The molecule has 1 aromatic heterocycles. The second-order valence-electron chi connectivity index (χ2n) is 6.17. The fourth-order valence-corrected chi connectivity index (χ4v) is 4.04. The van der Waals surface area contributed by atoms with Crippen molar-refractivity contribution in [3.8, 4) is 17.0 Å². The number of halogens is 1. The summed E-state index contributed by atoms with van der Waals surface area (Å²) in [7, 11) is 1.66. The number of para-hydroxylation sites is 1. The largest absolute Gasteiger partial charge is 0.497 e. The van der Waals surface area contributed by atoms with Gasteiger partial charge in [-0.3, -0.25) is 0 Å². The molecule has 1 aliphatic heterocycles. The summed E-state index contributed by atoms with van der Waals surface area (Å²) in [4.78, 5) is 9.16. The number of nitrogens with zero attached hydrogens (tertiary/aromatic N) is 3. The molecule has 2 heterocycles. The summed E-state index contributed by atoms with van der Waals surface area (Å²) in [5.74, 6) is 0.686. The Morgan fingerprint density at radius 3 is 2.35 bits per heavy atom. The Hall–Kier alpha value is -2.60. The van der Waals surface area contributed by atoms with Crippen LogP contribution in [0, 0.1) is 5.82 Å². The highest BCUT2D eigenvalue weighted by molar-refractivity contribution is 7.14. The smallest absolute Gasteiger partial charge is 0.185 e. The molecule has 6 heteroatoms. The van der Waals surface area contributed by atoms with Gasteiger partial charge in [-0.2, -0.15) is 0 Å². The third kappa shape index (κ3) is 3.37. The van der Waals surface area contributed by atoms with Gasteiger partial charge in [0.2, 0.25) is 0 Å². The number of hydrogen-bond donors (Lipinski definition) is 0. The summed E-state index contributed by atoms with van der Waals surface area (Å²) in [6, 6.07) is 14.9. The number of piperazine rings is 1. The van der Waals surface area contributed by atoms with Crippen LogP contribution in [0.4, 0.5) is 15.2 Å². The normalized spacial score (nSPS) is 14.5. The molecule has 4 nitrogen and oxygen atoms in total. The highest BCUT2D eigenvalue weighted by atomic mass is 32.1. The maximum Gasteiger partial charge on any atom is 0.185 e. The van der Waals surface area contributed by atoms with Gasteiger partial charge in [-0.15, -0.1) is 11.3 Å². The molecular formula is C20H20FN3OS. The van der Waals surface area contributed by atoms with Gasteiger partial charge in [0.15, 0.2) is 5.13 Å². The van der Waals surface area contributed by atoms with E-state index in [1.165, 1.54) is 6.07 Å². The lowest BCUT2D eigenvalue weighted by Crippen LogP contribution is -2.46. The Bertz CT molecular complexity index is 873. The minimum atomic E-state index is -0.156. The molecule has 0 radical (unpaired) electrons. The first-order chi connectivity index (χ1) is 12.7. The lowest BCUT2D eigenvalue weighted by Gasteiger charge is -2.36. The SMILES string of the molecule is COc1ccc(-c2csc(N3CCN(c4ccccc4F)CC3)n2)cc1. The zero-order chi connectivity index (χ0) is 17.9. The number of benzene rings is 2. The van der Waals surface area contributed by atoms with Gasteiger partial charge in [-0.05, 0) is 36.4 Å². The topological polar surface area (TPSA) is 28.6 Å². The van der Waals surface area contributed by atoms with Crippen LogP contribution >= 0.6 is 11.3 Å². The number of rotatable bonds is 4. The minimum Gasteiger partial charge on any atom is -0.497 e. The Morgan fingerprint density at radius 1 is 0.962 bits per heavy atom. The molecule has 0 unspecified atom stereocenters. The molecular weight excluding hydrogens is 349 g/mol. The molecule has 0 spiro atoms. The molecule has 134 valence electrons. The number of ether oxygens (including phenoxy) is 1. The molecule has 1 fully saturated rings. The maximum absolute atomic E-state index is 14.0. The molecule has 1 saturated heterocycles. The van der Waals surface area contributed by atoms with Crippen molar-refractivity contribution in [2.24, 2.45) is 0 Å². The van der Waals surface area contributed by atoms with Crippen LogP contribution < -0.4 is 14.5 Å². The fraction of sp³-hybridized carbons (Fsp3) is 0.250. The van der Waals surface area contributed by atoms with Crippen molar-refractivity contribution in [2.75, 3.05) is 43.1 Å². The van der Waals surface area contributed by atoms with Crippen LogP contribution in [0.5, 0.6) is 5.75 Å². The molecule has 0 N–H and O–H groups in total. The zero-order valence-corrected chi connectivity index (χ0v) is 15.4. The number of thiazole rings is 1. The summed E-state index contributed by atoms with van der Waals surface area (Å²) in [5, 5.41) is 3.10. The third-order valence-corrected chi connectivity index (χ3v) is 5.52. The number of anilines is 2. The van der Waals surface area contributed by atoms with Gasteiger partial charge in [-0.25, -0.2) is 9.37 Å². The van der Waals surface area contributed by atoms with E-state index in [0.717, 1.165) is 48.3 Å². The second kappa shape index (κ2) is 7.33. The number of aromatic nitrogens is 1. The standard InChI is InChI=1S/C20H20FN3OS/c1-25-16-8-6-15(7-9-16)18-14-26-20(22-18)24-12-10-23(11-13-24)19-5-3-2-4-17(19)21/h2-9,14H,10-13H2,1H3. The number of hydrogen-bond acceptors (Lipinski definition) is 5. The van der Waals surface area contributed by atoms with E-state index >= 15 is 0 Å². The molecule has 0 amide bonds.